The van der Waals surface area contributed by atoms with E-state index in [1.807, 2.05) is 54.2 Å². The highest BCUT2D eigenvalue weighted by atomic mass is 127. The third-order valence-corrected chi connectivity index (χ3v) is 5.62. The Balaban J connectivity index is 1.44. The Morgan fingerprint density at radius 2 is 2.07 bits per heavy atom. The average molecular weight is 514 g/mol. The molecule has 0 saturated carbocycles. The number of rotatable bonds is 4. The van der Waals surface area contributed by atoms with Gasteiger partial charge in [-0.1, -0.05) is 6.07 Å². The van der Waals surface area contributed by atoms with Crippen molar-refractivity contribution in [2.75, 3.05) is 13.7 Å². The lowest BCUT2D eigenvalue weighted by atomic mass is 10.1. The molecule has 152 valence electrons. The molecule has 1 unspecified atom stereocenters. The normalized spacial score (nSPS) is 15.4. The summed E-state index contributed by atoms with van der Waals surface area (Å²) >= 11 is 2.24. The van der Waals surface area contributed by atoms with Crippen LogP contribution in [0.25, 0.3) is 11.2 Å². The van der Waals surface area contributed by atoms with Crippen LogP contribution in [-0.2, 0) is 6.54 Å². The van der Waals surface area contributed by atoms with Gasteiger partial charge in [-0.15, -0.1) is 0 Å². The summed E-state index contributed by atoms with van der Waals surface area (Å²) in [4.78, 5) is 13.3. The number of ether oxygens (including phenoxy) is 3. The quantitative estimate of drug-likeness (QED) is 0.378. The Morgan fingerprint density at radius 3 is 2.87 bits per heavy atom. The fraction of sp³-hybridized carbons (Fsp3) is 0.227. The third kappa shape index (κ3) is 3.55. The lowest BCUT2D eigenvalue weighted by Gasteiger charge is -2.28. The van der Waals surface area contributed by atoms with Gasteiger partial charge >= 0.3 is 0 Å². The molecule has 7 nitrogen and oxygen atoms in total. The topological polar surface area (TPSA) is 71.3 Å². The van der Waals surface area contributed by atoms with Crippen molar-refractivity contribution in [2.24, 2.45) is 0 Å². The van der Waals surface area contributed by atoms with Crippen molar-refractivity contribution < 1.29 is 14.2 Å². The minimum atomic E-state index is -0.227. The van der Waals surface area contributed by atoms with E-state index in [1.165, 1.54) is 0 Å². The summed E-state index contributed by atoms with van der Waals surface area (Å²) < 4.78 is 21.0. The number of aromatic nitrogens is 4. The smallest absolute Gasteiger partial charge is 0.204 e. The zero-order chi connectivity index (χ0) is 20.7. The van der Waals surface area contributed by atoms with Gasteiger partial charge in [0.15, 0.2) is 23.3 Å². The van der Waals surface area contributed by atoms with Crippen molar-refractivity contribution in [3.05, 3.63) is 69.4 Å². The van der Waals surface area contributed by atoms with Crippen molar-refractivity contribution in [1.82, 2.24) is 19.5 Å². The van der Waals surface area contributed by atoms with Gasteiger partial charge in [-0.25, -0.2) is 9.97 Å². The number of imidazole rings is 1. The number of fused-ring (bicyclic) bond motifs is 2. The standard InChI is InChI=1S/C22H19IN4O3/c1-13-3-4-15(8-24-13)20-11-29-19-6-14(5-18(28-2)21(19)30-20)10-27-12-26-17-7-16(23)9-25-22(17)27/h3-9,12,20H,10-11H2,1-2H3. The van der Waals surface area contributed by atoms with Crippen molar-refractivity contribution in [3.63, 3.8) is 0 Å². The molecule has 8 heteroatoms. The van der Waals surface area contributed by atoms with Gasteiger partial charge < -0.3 is 18.8 Å². The van der Waals surface area contributed by atoms with Gasteiger partial charge in [-0.2, -0.15) is 0 Å². The van der Waals surface area contributed by atoms with Crippen LogP contribution < -0.4 is 14.2 Å². The largest absolute Gasteiger partial charge is 0.493 e. The van der Waals surface area contributed by atoms with Crippen LogP contribution in [-0.4, -0.2) is 33.2 Å². The molecular weight excluding hydrogens is 495 g/mol. The maximum absolute atomic E-state index is 6.23. The Kier molecular flexibility index (Phi) is 4.93. The number of hydrogen-bond acceptors (Lipinski definition) is 6. The van der Waals surface area contributed by atoms with Crippen LogP contribution in [0.5, 0.6) is 17.2 Å². The second kappa shape index (κ2) is 7.75. The predicted molar refractivity (Wildman–Crippen MR) is 120 cm³/mol. The maximum Gasteiger partial charge on any atom is 0.204 e. The van der Waals surface area contributed by atoms with Crippen molar-refractivity contribution >= 4 is 33.8 Å². The van der Waals surface area contributed by atoms with E-state index < -0.39 is 0 Å². The molecule has 1 atom stereocenters. The predicted octanol–water partition coefficient (Wildman–Crippen LogP) is 4.31. The minimum absolute atomic E-state index is 0.227. The van der Waals surface area contributed by atoms with Crippen molar-refractivity contribution in [1.29, 1.82) is 0 Å². The van der Waals surface area contributed by atoms with Gasteiger partial charge in [-0.3, -0.25) is 4.98 Å². The van der Waals surface area contributed by atoms with Crippen LogP contribution in [0.15, 0.2) is 49.1 Å². The summed E-state index contributed by atoms with van der Waals surface area (Å²) in [5, 5.41) is 0. The van der Waals surface area contributed by atoms with Crippen LogP contribution in [0.4, 0.5) is 0 Å². The van der Waals surface area contributed by atoms with Gasteiger partial charge in [0.05, 0.1) is 20.0 Å². The Bertz CT molecular complexity index is 1210. The molecule has 3 aromatic heterocycles. The molecule has 0 spiro atoms. The summed E-state index contributed by atoms with van der Waals surface area (Å²) in [7, 11) is 1.63. The molecule has 0 aliphatic carbocycles. The molecule has 0 N–H and O–H groups in total. The van der Waals surface area contributed by atoms with E-state index in [9.17, 15) is 0 Å². The molecule has 0 amide bonds. The second-order valence-corrected chi connectivity index (χ2v) is 8.39. The molecule has 1 aliphatic heterocycles. The molecule has 4 aromatic rings. The van der Waals surface area contributed by atoms with Gasteiger partial charge in [0.1, 0.15) is 12.1 Å². The Hall–Kier alpha value is -2.88. The van der Waals surface area contributed by atoms with E-state index in [0.29, 0.717) is 30.4 Å². The number of methoxy groups -OCH3 is 1. The van der Waals surface area contributed by atoms with E-state index in [4.69, 9.17) is 14.2 Å². The average Bonchev–Trinajstić information content (AvgIpc) is 3.15. The monoisotopic (exact) mass is 514 g/mol. The van der Waals surface area contributed by atoms with Crippen LogP contribution in [0.2, 0.25) is 0 Å². The molecule has 30 heavy (non-hydrogen) atoms. The number of benzene rings is 1. The zero-order valence-corrected chi connectivity index (χ0v) is 18.7. The lowest BCUT2D eigenvalue weighted by Crippen LogP contribution is -2.22. The van der Waals surface area contributed by atoms with Crippen LogP contribution in [0, 0.1) is 10.5 Å². The van der Waals surface area contributed by atoms with Gasteiger partial charge in [0.25, 0.3) is 0 Å². The minimum Gasteiger partial charge on any atom is -0.493 e. The summed E-state index contributed by atoms with van der Waals surface area (Å²) in [5.41, 5.74) is 4.68. The highest BCUT2D eigenvalue weighted by molar-refractivity contribution is 14.1. The number of halogens is 1. The maximum atomic E-state index is 6.23. The number of hydrogen-bond donors (Lipinski definition) is 0. The highest BCUT2D eigenvalue weighted by Gasteiger charge is 2.27. The fourth-order valence-corrected chi connectivity index (χ4v) is 3.94. The van der Waals surface area contributed by atoms with Crippen LogP contribution >= 0.6 is 22.6 Å². The number of aryl methyl sites for hydroxylation is 1. The molecule has 0 radical (unpaired) electrons. The third-order valence-electron chi connectivity index (χ3n) is 5.03. The SMILES string of the molecule is COc1cc(Cn2cnc3cc(I)cnc32)cc2c1OC(c1ccc(C)nc1)CO2. The molecule has 0 fully saturated rings. The van der Waals surface area contributed by atoms with Crippen molar-refractivity contribution in [3.8, 4) is 17.2 Å². The van der Waals surface area contributed by atoms with E-state index in [-0.39, 0.29) is 6.10 Å². The molecule has 5 rings (SSSR count). The molecule has 4 heterocycles. The van der Waals surface area contributed by atoms with Gasteiger partial charge in [-0.05, 0) is 59.3 Å². The number of nitrogens with zero attached hydrogens (tertiary/aromatic N) is 4. The van der Waals surface area contributed by atoms with E-state index in [0.717, 1.165) is 31.6 Å². The Morgan fingerprint density at radius 1 is 1.17 bits per heavy atom. The van der Waals surface area contributed by atoms with E-state index in [1.54, 1.807) is 13.4 Å². The van der Waals surface area contributed by atoms with Crippen LogP contribution in [0.3, 0.4) is 0 Å². The second-order valence-electron chi connectivity index (χ2n) is 7.14. The molecule has 1 aromatic carbocycles. The van der Waals surface area contributed by atoms with Gasteiger partial charge in [0, 0.05) is 27.2 Å². The molecular formula is C22H19IN4O3. The number of pyridine rings is 2. The zero-order valence-electron chi connectivity index (χ0n) is 16.5. The highest BCUT2D eigenvalue weighted by Crippen LogP contribution is 2.44. The first-order chi connectivity index (χ1) is 14.6. The fourth-order valence-electron chi connectivity index (χ4n) is 3.51. The first-order valence-electron chi connectivity index (χ1n) is 9.50. The molecule has 0 saturated heterocycles. The summed E-state index contributed by atoms with van der Waals surface area (Å²) in [6, 6.07) is 9.96. The van der Waals surface area contributed by atoms with Gasteiger partial charge in [0.2, 0.25) is 5.75 Å². The van der Waals surface area contributed by atoms with Crippen molar-refractivity contribution in [2.45, 2.75) is 19.6 Å². The molecule has 0 bridgehead atoms. The van der Waals surface area contributed by atoms with E-state index in [2.05, 4.69) is 37.5 Å². The summed E-state index contributed by atoms with van der Waals surface area (Å²) in [6.45, 7) is 2.97. The summed E-state index contributed by atoms with van der Waals surface area (Å²) in [6.07, 6.45) is 5.24. The Labute approximate surface area is 187 Å². The molecule has 1 aliphatic rings. The first-order valence-corrected chi connectivity index (χ1v) is 10.6. The van der Waals surface area contributed by atoms with Crippen LogP contribution in [0.1, 0.15) is 22.9 Å². The summed E-state index contributed by atoms with van der Waals surface area (Å²) in [5.74, 6) is 1.92. The first kappa shape index (κ1) is 19.1. The van der Waals surface area contributed by atoms with E-state index >= 15 is 0 Å². The lowest BCUT2D eigenvalue weighted by molar-refractivity contribution is 0.0867.